The maximum absolute atomic E-state index is 8.61. The normalized spacial score (nSPS) is 9.53. The number of nitrogens with zero attached hydrogens (tertiary/aromatic N) is 4. The van der Waals surface area contributed by atoms with Crippen molar-refractivity contribution in [3.05, 3.63) is 35.7 Å². The third kappa shape index (κ3) is 2.28. The van der Waals surface area contributed by atoms with Gasteiger partial charge in [0, 0.05) is 5.69 Å². The average molecular weight is 200 g/mol. The van der Waals surface area contributed by atoms with Crippen molar-refractivity contribution in [2.24, 2.45) is 0 Å². The summed E-state index contributed by atoms with van der Waals surface area (Å²) in [5, 5.41) is 25.1. The monoisotopic (exact) mass is 200 g/mol. The van der Waals surface area contributed by atoms with Crippen LogP contribution in [0, 0.1) is 11.3 Å². The van der Waals surface area contributed by atoms with Gasteiger partial charge in [-0.05, 0) is 24.3 Å². The van der Waals surface area contributed by atoms with Gasteiger partial charge in [0.25, 0.3) is 0 Å². The van der Waals surface area contributed by atoms with Gasteiger partial charge in [-0.15, -0.1) is 10.2 Å². The molecular formula is C9H8N6. The number of aromatic amines is 1. The van der Waals surface area contributed by atoms with E-state index in [2.05, 4.69) is 32.0 Å². The Morgan fingerprint density at radius 3 is 2.73 bits per heavy atom. The lowest BCUT2D eigenvalue weighted by molar-refractivity contribution is 0.881. The number of benzene rings is 1. The molecule has 0 unspecified atom stereocenters. The lowest BCUT2D eigenvalue weighted by Crippen LogP contribution is -2.01. The fourth-order valence-corrected chi connectivity index (χ4v) is 1.10. The highest BCUT2D eigenvalue weighted by molar-refractivity contribution is 5.47. The van der Waals surface area contributed by atoms with Crippen LogP contribution in [0.1, 0.15) is 11.4 Å². The minimum atomic E-state index is 0.502. The quantitative estimate of drug-likeness (QED) is 0.760. The number of rotatable bonds is 3. The van der Waals surface area contributed by atoms with Crippen LogP contribution in [0.15, 0.2) is 24.3 Å². The Morgan fingerprint density at radius 2 is 2.13 bits per heavy atom. The van der Waals surface area contributed by atoms with Crippen LogP contribution in [0.3, 0.4) is 0 Å². The molecule has 0 aliphatic rings. The fourth-order valence-electron chi connectivity index (χ4n) is 1.10. The first-order valence-corrected chi connectivity index (χ1v) is 4.35. The fraction of sp³-hybridized carbons (Fsp3) is 0.111. The summed E-state index contributed by atoms with van der Waals surface area (Å²) in [7, 11) is 0. The molecule has 0 atom stereocenters. The molecule has 0 spiro atoms. The van der Waals surface area contributed by atoms with E-state index in [-0.39, 0.29) is 0 Å². The highest BCUT2D eigenvalue weighted by Gasteiger charge is 1.97. The van der Waals surface area contributed by atoms with E-state index >= 15 is 0 Å². The first kappa shape index (κ1) is 9.15. The number of nitriles is 1. The van der Waals surface area contributed by atoms with Gasteiger partial charge >= 0.3 is 0 Å². The maximum atomic E-state index is 8.61. The second-order valence-corrected chi connectivity index (χ2v) is 2.87. The van der Waals surface area contributed by atoms with E-state index in [9.17, 15) is 0 Å². The molecule has 0 aliphatic heterocycles. The van der Waals surface area contributed by atoms with Crippen molar-refractivity contribution >= 4 is 5.69 Å². The van der Waals surface area contributed by atoms with Gasteiger partial charge in [0.05, 0.1) is 18.2 Å². The van der Waals surface area contributed by atoms with Crippen molar-refractivity contribution in [3.63, 3.8) is 0 Å². The third-order valence-corrected chi connectivity index (χ3v) is 1.85. The SMILES string of the molecule is N#Cc1ccc(NCc2nn[nH]n2)cc1. The van der Waals surface area contributed by atoms with E-state index in [1.54, 1.807) is 12.1 Å². The lowest BCUT2D eigenvalue weighted by Gasteiger charge is -2.02. The molecule has 1 aromatic heterocycles. The molecule has 1 heterocycles. The molecule has 2 N–H and O–H groups in total. The molecule has 0 saturated heterocycles. The summed E-state index contributed by atoms with van der Waals surface area (Å²) in [6.07, 6.45) is 0. The third-order valence-electron chi connectivity index (χ3n) is 1.85. The molecule has 1 aromatic carbocycles. The predicted molar refractivity (Wildman–Crippen MR) is 52.7 cm³/mol. The van der Waals surface area contributed by atoms with Crippen LogP contribution in [-0.4, -0.2) is 20.6 Å². The van der Waals surface area contributed by atoms with Crippen molar-refractivity contribution in [1.82, 2.24) is 20.6 Å². The lowest BCUT2D eigenvalue weighted by atomic mass is 10.2. The van der Waals surface area contributed by atoms with Gasteiger partial charge < -0.3 is 5.32 Å². The van der Waals surface area contributed by atoms with Crippen LogP contribution in [0.4, 0.5) is 5.69 Å². The Labute approximate surface area is 85.9 Å². The van der Waals surface area contributed by atoms with Gasteiger partial charge in [-0.25, -0.2) is 0 Å². The summed E-state index contributed by atoms with van der Waals surface area (Å²) in [5.74, 6) is 0.597. The first-order chi connectivity index (χ1) is 7.38. The molecule has 6 nitrogen and oxygen atoms in total. The minimum absolute atomic E-state index is 0.502. The van der Waals surface area contributed by atoms with Gasteiger partial charge in [0.15, 0.2) is 5.82 Å². The van der Waals surface area contributed by atoms with Crippen molar-refractivity contribution in [3.8, 4) is 6.07 Å². The molecular weight excluding hydrogens is 192 g/mol. The summed E-state index contributed by atoms with van der Waals surface area (Å²) < 4.78 is 0. The standard InChI is InChI=1S/C9H8N6/c10-5-7-1-3-8(4-2-7)11-6-9-12-14-15-13-9/h1-4,11H,6H2,(H,12,13,14,15). The first-order valence-electron chi connectivity index (χ1n) is 4.35. The number of hydrogen-bond donors (Lipinski definition) is 2. The van der Waals surface area contributed by atoms with E-state index in [0.717, 1.165) is 5.69 Å². The highest BCUT2D eigenvalue weighted by Crippen LogP contribution is 2.09. The van der Waals surface area contributed by atoms with Gasteiger partial charge in [-0.1, -0.05) is 5.21 Å². The van der Waals surface area contributed by atoms with Crippen molar-refractivity contribution in [1.29, 1.82) is 5.26 Å². The van der Waals surface area contributed by atoms with E-state index < -0.39 is 0 Å². The van der Waals surface area contributed by atoms with Crippen LogP contribution >= 0.6 is 0 Å². The minimum Gasteiger partial charge on any atom is -0.378 e. The zero-order valence-corrected chi connectivity index (χ0v) is 7.81. The van der Waals surface area contributed by atoms with E-state index in [4.69, 9.17) is 5.26 Å². The molecule has 0 amide bonds. The van der Waals surface area contributed by atoms with Gasteiger partial charge in [0.2, 0.25) is 0 Å². The number of hydrogen-bond acceptors (Lipinski definition) is 5. The molecule has 0 aliphatic carbocycles. The van der Waals surface area contributed by atoms with E-state index in [0.29, 0.717) is 17.9 Å². The summed E-state index contributed by atoms with van der Waals surface area (Å²) in [4.78, 5) is 0. The Morgan fingerprint density at radius 1 is 1.33 bits per heavy atom. The Kier molecular flexibility index (Phi) is 2.56. The molecule has 15 heavy (non-hydrogen) atoms. The number of tetrazole rings is 1. The summed E-state index contributed by atoms with van der Waals surface area (Å²) >= 11 is 0. The zero-order chi connectivity index (χ0) is 10.5. The molecule has 2 rings (SSSR count). The second kappa shape index (κ2) is 4.19. The molecule has 2 aromatic rings. The molecule has 0 bridgehead atoms. The maximum Gasteiger partial charge on any atom is 0.193 e. The number of aromatic nitrogens is 4. The molecule has 74 valence electrons. The van der Waals surface area contributed by atoms with E-state index in [1.807, 2.05) is 12.1 Å². The van der Waals surface area contributed by atoms with Gasteiger partial charge in [0.1, 0.15) is 0 Å². The topological polar surface area (TPSA) is 90.3 Å². The Hall–Kier alpha value is -2.42. The number of anilines is 1. The van der Waals surface area contributed by atoms with Crippen molar-refractivity contribution in [2.75, 3.05) is 5.32 Å². The van der Waals surface area contributed by atoms with Gasteiger partial charge in [-0.3, -0.25) is 0 Å². The predicted octanol–water partition coefficient (Wildman–Crippen LogP) is 0.683. The molecule has 0 saturated carbocycles. The smallest absolute Gasteiger partial charge is 0.193 e. The van der Waals surface area contributed by atoms with Crippen LogP contribution in [0.2, 0.25) is 0 Å². The summed E-state index contributed by atoms with van der Waals surface area (Å²) in [5.41, 5.74) is 1.55. The second-order valence-electron chi connectivity index (χ2n) is 2.87. The van der Waals surface area contributed by atoms with Crippen LogP contribution in [0.5, 0.6) is 0 Å². The van der Waals surface area contributed by atoms with Crippen LogP contribution in [0.25, 0.3) is 0 Å². The molecule has 0 radical (unpaired) electrons. The van der Waals surface area contributed by atoms with Gasteiger partial charge in [-0.2, -0.15) is 10.5 Å². The molecule has 0 fully saturated rings. The Bertz CT molecular complexity index is 452. The van der Waals surface area contributed by atoms with Crippen LogP contribution in [-0.2, 0) is 6.54 Å². The largest absolute Gasteiger partial charge is 0.378 e. The summed E-state index contributed by atoms with van der Waals surface area (Å²) in [6.45, 7) is 0.502. The number of H-pyrrole nitrogens is 1. The number of nitrogens with one attached hydrogen (secondary N) is 2. The van der Waals surface area contributed by atoms with Crippen molar-refractivity contribution in [2.45, 2.75) is 6.54 Å². The zero-order valence-electron chi connectivity index (χ0n) is 7.81. The summed E-state index contributed by atoms with van der Waals surface area (Å²) in [6, 6.07) is 9.22. The Balaban J connectivity index is 1.97. The van der Waals surface area contributed by atoms with E-state index in [1.165, 1.54) is 0 Å². The highest BCUT2D eigenvalue weighted by atomic mass is 15.5. The van der Waals surface area contributed by atoms with Crippen LogP contribution < -0.4 is 5.32 Å². The molecule has 6 heteroatoms. The average Bonchev–Trinajstić information content (AvgIpc) is 2.80. The van der Waals surface area contributed by atoms with Crippen molar-refractivity contribution < 1.29 is 0 Å².